The first-order chi connectivity index (χ1) is 8.18. The molecule has 1 unspecified atom stereocenters. The molecule has 1 aromatic carbocycles. The van der Waals surface area contributed by atoms with Crippen molar-refractivity contribution in [3.63, 3.8) is 0 Å². The maximum atomic E-state index is 11.2. The number of carboxylic acid groups (broad SMARTS) is 1. The van der Waals surface area contributed by atoms with Crippen molar-refractivity contribution in [3.05, 3.63) is 29.8 Å². The molecule has 0 bridgehead atoms. The predicted molar refractivity (Wildman–Crippen MR) is 63.1 cm³/mol. The van der Waals surface area contributed by atoms with Crippen LogP contribution in [-0.2, 0) is 10.2 Å². The fourth-order valence-corrected chi connectivity index (χ4v) is 3.09. The molecule has 90 valence electrons. The van der Waals surface area contributed by atoms with E-state index in [4.69, 9.17) is 4.74 Å². The van der Waals surface area contributed by atoms with Crippen LogP contribution in [0.5, 0.6) is 5.75 Å². The van der Waals surface area contributed by atoms with Gasteiger partial charge in [0, 0.05) is 5.41 Å². The first-order valence-corrected chi connectivity index (χ1v) is 6.06. The second-order valence-electron chi connectivity index (χ2n) is 5.14. The standard InChI is InChI=1S/C14H16O3/c1-17-11-6-4-10(5-7-11)14(9-2-3-9)8-12(14)13(15)16/h4-7,9,12H,2-3,8H2,1H3,(H,15,16)/t12-,14?/m0/s1. The molecule has 2 saturated carbocycles. The van der Waals surface area contributed by atoms with Crippen LogP contribution in [0.15, 0.2) is 24.3 Å². The molecule has 3 nitrogen and oxygen atoms in total. The number of benzene rings is 1. The number of hydrogen-bond donors (Lipinski definition) is 1. The lowest BCUT2D eigenvalue weighted by Crippen LogP contribution is -2.17. The van der Waals surface area contributed by atoms with Crippen molar-refractivity contribution in [3.8, 4) is 5.75 Å². The van der Waals surface area contributed by atoms with E-state index >= 15 is 0 Å². The first kappa shape index (κ1) is 10.6. The molecule has 0 aliphatic heterocycles. The molecule has 0 radical (unpaired) electrons. The Kier molecular flexibility index (Phi) is 2.18. The normalized spacial score (nSPS) is 31.0. The van der Waals surface area contributed by atoms with Crippen LogP contribution in [0.1, 0.15) is 24.8 Å². The summed E-state index contributed by atoms with van der Waals surface area (Å²) in [5.74, 6) is 0.584. The minimum atomic E-state index is -0.646. The number of rotatable bonds is 4. The van der Waals surface area contributed by atoms with Gasteiger partial charge in [0.05, 0.1) is 13.0 Å². The van der Waals surface area contributed by atoms with E-state index in [-0.39, 0.29) is 11.3 Å². The zero-order valence-corrected chi connectivity index (χ0v) is 9.85. The molecule has 0 amide bonds. The summed E-state index contributed by atoms with van der Waals surface area (Å²) in [7, 11) is 1.64. The van der Waals surface area contributed by atoms with Gasteiger partial charge in [-0.1, -0.05) is 12.1 Å². The van der Waals surface area contributed by atoms with Crippen LogP contribution in [0.2, 0.25) is 0 Å². The summed E-state index contributed by atoms with van der Waals surface area (Å²) in [5, 5.41) is 9.20. The number of aliphatic carboxylic acids is 1. The molecule has 2 atom stereocenters. The first-order valence-electron chi connectivity index (χ1n) is 6.06. The van der Waals surface area contributed by atoms with E-state index in [0.29, 0.717) is 5.92 Å². The average Bonchev–Trinajstić information content (AvgIpc) is 3.19. The third-order valence-electron chi connectivity index (χ3n) is 4.24. The van der Waals surface area contributed by atoms with Crippen LogP contribution >= 0.6 is 0 Å². The molecule has 1 N–H and O–H groups in total. The lowest BCUT2D eigenvalue weighted by atomic mass is 9.88. The van der Waals surface area contributed by atoms with Gasteiger partial charge < -0.3 is 9.84 Å². The van der Waals surface area contributed by atoms with Crippen LogP contribution in [0, 0.1) is 11.8 Å². The Labute approximate surface area is 100 Å². The van der Waals surface area contributed by atoms with Gasteiger partial charge in [0.1, 0.15) is 5.75 Å². The van der Waals surface area contributed by atoms with Gasteiger partial charge in [-0.05, 0) is 42.9 Å². The SMILES string of the molecule is COc1ccc(C2(C3CC3)C[C@H]2C(=O)O)cc1. The van der Waals surface area contributed by atoms with Crippen molar-refractivity contribution in [2.45, 2.75) is 24.7 Å². The summed E-state index contributed by atoms with van der Waals surface area (Å²) in [5.41, 5.74) is 1.10. The van der Waals surface area contributed by atoms with Crippen LogP contribution in [0.3, 0.4) is 0 Å². The highest BCUT2D eigenvalue weighted by Gasteiger charge is 2.66. The molecule has 17 heavy (non-hydrogen) atoms. The highest BCUT2D eigenvalue weighted by molar-refractivity contribution is 5.77. The summed E-state index contributed by atoms with van der Waals surface area (Å²) < 4.78 is 5.14. The van der Waals surface area contributed by atoms with E-state index in [9.17, 15) is 9.90 Å². The average molecular weight is 232 g/mol. The summed E-state index contributed by atoms with van der Waals surface area (Å²) in [6.07, 6.45) is 3.16. The smallest absolute Gasteiger partial charge is 0.307 e. The highest BCUT2D eigenvalue weighted by Crippen LogP contribution is 2.66. The van der Waals surface area contributed by atoms with Crippen molar-refractivity contribution in [1.29, 1.82) is 0 Å². The van der Waals surface area contributed by atoms with E-state index < -0.39 is 5.97 Å². The molecular weight excluding hydrogens is 216 g/mol. The molecule has 0 spiro atoms. The maximum absolute atomic E-state index is 11.2. The van der Waals surface area contributed by atoms with Crippen molar-refractivity contribution < 1.29 is 14.6 Å². The Morgan fingerprint density at radius 2 is 2.00 bits per heavy atom. The van der Waals surface area contributed by atoms with Crippen LogP contribution in [0.25, 0.3) is 0 Å². The molecule has 0 heterocycles. The molecule has 2 aliphatic carbocycles. The third kappa shape index (κ3) is 1.53. The fraction of sp³-hybridized carbons (Fsp3) is 0.500. The van der Waals surface area contributed by atoms with E-state index in [2.05, 4.69) is 0 Å². The Bertz CT molecular complexity index is 447. The molecule has 1 aromatic rings. The monoisotopic (exact) mass is 232 g/mol. The number of carboxylic acids is 1. The van der Waals surface area contributed by atoms with Gasteiger partial charge in [0.2, 0.25) is 0 Å². The lowest BCUT2D eigenvalue weighted by molar-refractivity contribution is -0.139. The summed E-state index contributed by atoms with van der Waals surface area (Å²) in [6, 6.07) is 7.91. The van der Waals surface area contributed by atoms with Gasteiger partial charge in [-0.3, -0.25) is 4.79 Å². The lowest BCUT2D eigenvalue weighted by Gasteiger charge is -2.16. The van der Waals surface area contributed by atoms with Crippen LogP contribution < -0.4 is 4.74 Å². The summed E-state index contributed by atoms with van der Waals surface area (Å²) in [6.45, 7) is 0. The van der Waals surface area contributed by atoms with Crippen molar-refractivity contribution in [1.82, 2.24) is 0 Å². The second kappa shape index (κ2) is 3.49. The van der Waals surface area contributed by atoms with E-state index in [1.54, 1.807) is 7.11 Å². The van der Waals surface area contributed by atoms with Gasteiger partial charge in [-0.15, -0.1) is 0 Å². The van der Waals surface area contributed by atoms with Gasteiger partial charge >= 0.3 is 5.97 Å². The molecule has 2 aliphatic rings. The van der Waals surface area contributed by atoms with Crippen LogP contribution in [0.4, 0.5) is 0 Å². The Morgan fingerprint density at radius 3 is 2.41 bits per heavy atom. The minimum absolute atomic E-state index is 0.0713. The summed E-state index contributed by atoms with van der Waals surface area (Å²) in [4.78, 5) is 11.2. The molecular formula is C14H16O3. The zero-order valence-electron chi connectivity index (χ0n) is 9.85. The van der Waals surface area contributed by atoms with Crippen molar-refractivity contribution in [2.24, 2.45) is 11.8 Å². The predicted octanol–water partition coefficient (Wildman–Crippen LogP) is 2.45. The Morgan fingerprint density at radius 1 is 1.35 bits per heavy atom. The molecule has 0 aromatic heterocycles. The van der Waals surface area contributed by atoms with Gasteiger partial charge in [-0.2, -0.15) is 0 Å². The topological polar surface area (TPSA) is 46.5 Å². The number of hydrogen-bond acceptors (Lipinski definition) is 2. The minimum Gasteiger partial charge on any atom is -0.497 e. The Balaban J connectivity index is 1.92. The molecule has 3 rings (SSSR count). The third-order valence-corrected chi connectivity index (χ3v) is 4.24. The largest absolute Gasteiger partial charge is 0.497 e. The molecule has 2 fully saturated rings. The quantitative estimate of drug-likeness (QED) is 0.867. The molecule has 3 heteroatoms. The highest BCUT2D eigenvalue weighted by atomic mass is 16.5. The van der Waals surface area contributed by atoms with E-state index in [0.717, 1.165) is 12.2 Å². The van der Waals surface area contributed by atoms with Crippen molar-refractivity contribution in [2.75, 3.05) is 7.11 Å². The van der Waals surface area contributed by atoms with Gasteiger partial charge in [0.25, 0.3) is 0 Å². The summed E-state index contributed by atoms with van der Waals surface area (Å²) >= 11 is 0. The number of methoxy groups -OCH3 is 1. The number of carbonyl (C=O) groups is 1. The zero-order chi connectivity index (χ0) is 12.0. The number of ether oxygens (including phenoxy) is 1. The fourth-order valence-electron chi connectivity index (χ4n) is 3.09. The van der Waals surface area contributed by atoms with E-state index in [1.807, 2.05) is 24.3 Å². The Hall–Kier alpha value is -1.51. The van der Waals surface area contributed by atoms with Crippen LogP contribution in [-0.4, -0.2) is 18.2 Å². The van der Waals surface area contributed by atoms with Gasteiger partial charge in [-0.25, -0.2) is 0 Å². The van der Waals surface area contributed by atoms with Crippen molar-refractivity contribution >= 4 is 5.97 Å². The molecule has 0 saturated heterocycles. The van der Waals surface area contributed by atoms with E-state index in [1.165, 1.54) is 18.4 Å². The van der Waals surface area contributed by atoms with Gasteiger partial charge in [0.15, 0.2) is 0 Å². The second-order valence-corrected chi connectivity index (χ2v) is 5.14. The maximum Gasteiger partial charge on any atom is 0.307 e.